The van der Waals surface area contributed by atoms with Crippen LogP contribution >= 0.6 is 27.5 Å². The Kier molecular flexibility index (Phi) is 4.51. The highest BCUT2D eigenvalue weighted by molar-refractivity contribution is 9.10. The molecule has 1 N–H and O–H groups in total. The maximum Gasteiger partial charge on any atom is 0.287 e. The van der Waals surface area contributed by atoms with Crippen molar-refractivity contribution in [3.8, 4) is 0 Å². The molecule has 0 radical (unpaired) electrons. The lowest BCUT2D eigenvalue weighted by Crippen LogP contribution is -2.34. The molecule has 1 aliphatic carbocycles. The molecule has 3 nitrogen and oxygen atoms in total. The fourth-order valence-electron chi connectivity index (χ4n) is 2.14. The van der Waals surface area contributed by atoms with E-state index in [2.05, 4.69) is 21.2 Å². The summed E-state index contributed by atoms with van der Waals surface area (Å²) < 4.78 is 5.75. The molecule has 1 aromatic heterocycles. The molecule has 2 unspecified atom stereocenters. The second-order valence-corrected chi connectivity index (χ2v) is 5.72. The lowest BCUT2D eigenvalue weighted by atomic mass is 9.89. The van der Waals surface area contributed by atoms with Crippen LogP contribution in [0.3, 0.4) is 0 Å². The summed E-state index contributed by atoms with van der Waals surface area (Å²) in [6.07, 6.45) is 4.55. The van der Waals surface area contributed by atoms with E-state index in [1.165, 1.54) is 12.8 Å². The van der Waals surface area contributed by atoms with Crippen molar-refractivity contribution in [1.82, 2.24) is 5.32 Å². The van der Waals surface area contributed by atoms with E-state index in [1.54, 1.807) is 12.1 Å². The largest absolute Gasteiger partial charge is 0.444 e. The highest BCUT2D eigenvalue weighted by Crippen LogP contribution is 2.28. The Labute approximate surface area is 114 Å². The quantitative estimate of drug-likeness (QED) is 0.865. The third-order valence-electron chi connectivity index (χ3n) is 3.14. The number of rotatable bonds is 3. The monoisotopic (exact) mass is 319 g/mol. The predicted molar refractivity (Wildman–Crippen MR) is 70.3 cm³/mol. The Morgan fingerprint density at radius 1 is 1.47 bits per heavy atom. The van der Waals surface area contributed by atoms with E-state index >= 15 is 0 Å². The standard InChI is InChI=1S/C12H15BrClNO2/c13-11-6-5-10(17-11)12(16)15-7-8-3-1-2-4-9(8)14/h5-6,8-9H,1-4,7H2,(H,15,16). The van der Waals surface area contributed by atoms with Gasteiger partial charge in [0.25, 0.3) is 5.91 Å². The highest BCUT2D eigenvalue weighted by atomic mass is 79.9. The minimum absolute atomic E-state index is 0.176. The number of halogens is 2. The van der Waals surface area contributed by atoms with Crippen molar-refractivity contribution in [3.63, 3.8) is 0 Å². The molecule has 1 fully saturated rings. The fraction of sp³-hybridized carbons (Fsp3) is 0.583. The zero-order valence-electron chi connectivity index (χ0n) is 9.42. The van der Waals surface area contributed by atoms with E-state index in [9.17, 15) is 4.79 Å². The van der Waals surface area contributed by atoms with Gasteiger partial charge in [-0.2, -0.15) is 0 Å². The Morgan fingerprint density at radius 2 is 2.24 bits per heavy atom. The Hall–Kier alpha value is -0.480. The minimum atomic E-state index is -0.176. The van der Waals surface area contributed by atoms with Crippen molar-refractivity contribution >= 4 is 33.4 Å². The third-order valence-corrected chi connectivity index (χ3v) is 4.14. The lowest BCUT2D eigenvalue weighted by Gasteiger charge is -2.26. The first-order chi connectivity index (χ1) is 8.16. The van der Waals surface area contributed by atoms with Crippen LogP contribution in [-0.4, -0.2) is 17.8 Å². The molecule has 1 aliphatic rings. The van der Waals surface area contributed by atoms with Gasteiger partial charge in [-0.15, -0.1) is 11.6 Å². The van der Waals surface area contributed by atoms with Crippen LogP contribution < -0.4 is 5.32 Å². The zero-order valence-corrected chi connectivity index (χ0v) is 11.8. The van der Waals surface area contributed by atoms with E-state index in [-0.39, 0.29) is 11.3 Å². The van der Waals surface area contributed by atoms with Crippen LogP contribution in [0.5, 0.6) is 0 Å². The van der Waals surface area contributed by atoms with Crippen molar-refractivity contribution < 1.29 is 9.21 Å². The average Bonchev–Trinajstić information content (AvgIpc) is 2.74. The first-order valence-electron chi connectivity index (χ1n) is 5.84. The Morgan fingerprint density at radius 3 is 2.88 bits per heavy atom. The number of alkyl halides is 1. The van der Waals surface area contributed by atoms with Crippen molar-refractivity contribution in [2.75, 3.05) is 6.54 Å². The second-order valence-electron chi connectivity index (χ2n) is 4.37. The summed E-state index contributed by atoms with van der Waals surface area (Å²) in [7, 11) is 0. The molecular weight excluding hydrogens is 305 g/mol. The maximum atomic E-state index is 11.7. The van der Waals surface area contributed by atoms with E-state index in [1.807, 2.05) is 0 Å². The van der Waals surface area contributed by atoms with Crippen LogP contribution in [0.1, 0.15) is 36.2 Å². The van der Waals surface area contributed by atoms with Gasteiger partial charge in [0.15, 0.2) is 10.4 Å². The molecular formula is C12H15BrClNO2. The molecule has 5 heteroatoms. The highest BCUT2D eigenvalue weighted by Gasteiger charge is 2.23. The summed E-state index contributed by atoms with van der Waals surface area (Å²) in [4.78, 5) is 11.7. The molecule has 2 rings (SSSR count). The molecule has 1 amide bonds. The van der Waals surface area contributed by atoms with E-state index in [4.69, 9.17) is 16.0 Å². The minimum Gasteiger partial charge on any atom is -0.444 e. The molecule has 2 atom stereocenters. The van der Waals surface area contributed by atoms with Gasteiger partial charge in [-0.1, -0.05) is 12.8 Å². The number of amides is 1. The van der Waals surface area contributed by atoms with Gasteiger partial charge >= 0.3 is 0 Å². The third kappa shape index (κ3) is 3.49. The summed E-state index contributed by atoms with van der Waals surface area (Å²) in [5, 5.41) is 3.06. The van der Waals surface area contributed by atoms with Gasteiger partial charge in [0.2, 0.25) is 0 Å². The summed E-state index contributed by atoms with van der Waals surface area (Å²) >= 11 is 9.40. The molecule has 1 saturated carbocycles. The smallest absolute Gasteiger partial charge is 0.287 e. The molecule has 0 aromatic carbocycles. The van der Waals surface area contributed by atoms with Crippen molar-refractivity contribution in [2.24, 2.45) is 5.92 Å². The first kappa shape index (κ1) is 13.0. The van der Waals surface area contributed by atoms with Gasteiger partial charge < -0.3 is 9.73 Å². The van der Waals surface area contributed by atoms with Crippen molar-refractivity contribution in [3.05, 3.63) is 22.6 Å². The molecule has 0 saturated heterocycles. The number of furan rings is 1. The molecule has 94 valence electrons. The number of hydrogen-bond donors (Lipinski definition) is 1. The van der Waals surface area contributed by atoms with Crippen LogP contribution in [0, 0.1) is 5.92 Å². The van der Waals surface area contributed by atoms with Crippen molar-refractivity contribution in [1.29, 1.82) is 0 Å². The number of carbonyl (C=O) groups excluding carboxylic acids is 1. The Bertz CT molecular complexity index is 394. The lowest BCUT2D eigenvalue weighted by molar-refractivity contribution is 0.0915. The topological polar surface area (TPSA) is 42.2 Å². The normalized spacial score (nSPS) is 24.6. The van der Waals surface area contributed by atoms with Gasteiger partial charge in [0.1, 0.15) is 0 Å². The van der Waals surface area contributed by atoms with E-state index in [0.717, 1.165) is 12.8 Å². The maximum absolute atomic E-state index is 11.7. The summed E-state index contributed by atoms with van der Waals surface area (Å²) in [5.41, 5.74) is 0. The van der Waals surface area contributed by atoms with Crippen molar-refractivity contribution in [2.45, 2.75) is 31.1 Å². The van der Waals surface area contributed by atoms with E-state index < -0.39 is 0 Å². The summed E-state index contributed by atoms with van der Waals surface area (Å²) in [6.45, 7) is 0.630. The number of hydrogen-bond acceptors (Lipinski definition) is 2. The van der Waals surface area contributed by atoms with Crippen LogP contribution in [0.25, 0.3) is 0 Å². The molecule has 1 aromatic rings. The molecule has 1 heterocycles. The molecule has 0 bridgehead atoms. The van der Waals surface area contributed by atoms with Crippen LogP contribution in [0.15, 0.2) is 21.2 Å². The van der Waals surface area contributed by atoms with Gasteiger partial charge in [-0.3, -0.25) is 4.79 Å². The molecule has 17 heavy (non-hydrogen) atoms. The average molecular weight is 321 g/mol. The number of carbonyl (C=O) groups is 1. The molecule has 0 spiro atoms. The fourth-order valence-corrected chi connectivity index (χ4v) is 2.82. The zero-order chi connectivity index (χ0) is 12.3. The summed E-state index contributed by atoms with van der Waals surface area (Å²) in [6, 6.07) is 3.36. The van der Waals surface area contributed by atoms with Crippen LogP contribution in [-0.2, 0) is 0 Å². The summed E-state index contributed by atoms with van der Waals surface area (Å²) in [5.74, 6) is 0.539. The van der Waals surface area contributed by atoms with Gasteiger partial charge in [-0.25, -0.2) is 0 Å². The Balaban J connectivity index is 1.83. The van der Waals surface area contributed by atoms with Gasteiger partial charge in [0, 0.05) is 11.9 Å². The van der Waals surface area contributed by atoms with E-state index in [0.29, 0.717) is 22.9 Å². The molecule has 0 aliphatic heterocycles. The SMILES string of the molecule is O=C(NCC1CCCCC1Cl)c1ccc(Br)o1. The second kappa shape index (κ2) is 5.91. The van der Waals surface area contributed by atoms with Crippen LogP contribution in [0.4, 0.5) is 0 Å². The van der Waals surface area contributed by atoms with Gasteiger partial charge in [-0.05, 0) is 46.8 Å². The predicted octanol–water partition coefficient (Wildman–Crippen LogP) is 3.57. The van der Waals surface area contributed by atoms with Gasteiger partial charge in [0.05, 0.1) is 0 Å². The number of nitrogens with one attached hydrogen (secondary N) is 1. The van der Waals surface area contributed by atoms with Crippen LogP contribution in [0.2, 0.25) is 0 Å². The first-order valence-corrected chi connectivity index (χ1v) is 7.07.